The van der Waals surface area contributed by atoms with Gasteiger partial charge in [-0.25, -0.2) is 0 Å². The molecule has 0 aromatic rings. The second-order valence-corrected chi connectivity index (χ2v) is 22.9. The molecule has 2 nitrogen and oxygen atoms in total. The van der Waals surface area contributed by atoms with Crippen LogP contribution in [0.5, 0.6) is 0 Å². The zero-order valence-electron chi connectivity index (χ0n) is 35.1. The van der Waals surface area contributed by atoms with Crippen LogP contribution in [0.4, 0.5) is 0 Å². The Morgan fingerprint density at radius 2 is 1.34 bits per heavy atom. The van der Waals surface area contributed by atoms with Crippen molar-refractivity contribution in [2.45, 2.75) is 179 Å². The average Bonchev–Trinajstić information content (AvgIpc) is 3.28. The van der Waals surface area contributed by atoms with E-state index in [1.165, 1.54) is 77.0 Å². The van der Waals surface area contributed by atoms with Crippen molar-refractivity contribution in [1.29, 1.82) is 0 Å². The third-order valence-electron chi connectivity index (χ3n) is 20.6. The first-order valence-electron chi connectivity index (χ1n) is 22.8. The van der Waals surface area contributed by atoms with Gasteiger partial charge in [-0.15, -0.1) is 0 Å². The van der Waals surface area contributed by atoms with Gasteiger partial charge in [0.1, 0.15) is 0 Å². The summed E-state index contributed by atoms with van der Waals surface area (Å²) in [5, 5.41) is 23.4. The molecule has 7 saturated carbocycles. The zero-order chi connectivity index (χ0) is 36.2. The largest absolute Gasteiger partial charge is 0.393 e. The van der Waals surface area contributed by atoms with Crippen LogP contribution in [0.1, 0.15) is 167 Å². The molecule has 0 bridgehead atoms. The Hall–Kier alpha value is -0.0800. The molecule has 7 aliphatic rings. The molecule has 288 valence electrons. The molecule has 2 N–H and O–H groups in total. The minimum Gasteiger partial charge on any atom is -0.393 e. The van der Waals surface area contributed by atoms with Crippen molar-refractivity contribution in [3.8, 4) is 0 Å². The van der Waals surface area contributed by atoms with E-state index in [-0.39, 0.29) is 16.7 Å². The fraction of sp³-hybridized carbons (Fsp3) is 1.00. The molecule has 0 aromatic carbocycles. The summed E-state index contributed by atoms with van der Waals surface area (Å²) in [6, 6.07) is 0. The van der Waals surface area contributed by atoms with E-state index in [1.54, 1.807) is 0 Å². The van der Waals surface area contributed by atoms with Gasteiger partial charge in [0, 0.05) is 11.3 Å². The van der Waals surface area contributed by atoms with E-state index in [1.807, 2.05) is 6.92 Å². The van der Waals surface area contributed by atoms with Gasteiger partial charge in [0.25, 0.3) is 0 Å². The Morgan fingerprint density at radius 3 is 1.94 bits per heavy atom. The molecule has 0 spiro atoms. The van der Waals surface area contributed by atoms with Crippen molar-refractivity contribution in [2.24, 2.45) is 123 Å². The molecule has 0 amide bonds. The first kappa shape index (κ1) is 38.2. The van der Waals surface area contributed by atoms with E-state index in [4.69, 9.17) is 0 Å². The maximum atomic E-state index is 12.4. The average molecular weight is 693 g/mol. The topological polar surface area (TPSA) is 40.5 Å². The second-order valence-electron chi connectivity index (χ2n) is 22.9. The van der Waals surface area contributed by atoms with Crippen LogP contribution in [0.3, 0.4) is 0 Å². The number of fused-ring (bicyclic) bond motifs is 4. The first-order chi connectivity index (χ1) is 23.4. The SMILES string of the molecule is CC(C)C1CCCC(C2CC(CC3C(C)C4CCCCC4C3C)C(C)C3C(C)C4C(C)C5(C)C(O)C(C(C)O)C(C)CC5(C)CC4(C)CC23)C1. The molecular formula is C48H84O2. The minimum absolute atomic E-state index is 0.0202. The molecule has 0 saturated heterocycles. The fourth-order valence-corrected chi connectivity index (χ4v) is 18.4. The standard InChI is InChI=1S/C48H84O2/c1-26(2)34-16-15-17-35(20-34)40-22-36(21-39-29(5)37-18-13-14-19-38(37)30(39)6)28(4)43-31(7)44-32(8)48(12)45(50)42(33(9)49)27(3)23-47(48,11)25-46(44,10)24-41(40)43/h26-45,49-50H,13-25H2,1-12H3. The van der Waals surface area contributed by atoms with Crippen LogP contribution in [0.2, 0.25) is 0 Å². The van der Waals surface area contributed by atoms with Crippen LogP contribution in [0.25, 0.3) is 0 Å². The van der Waals surface area contributed by atoms with Crippen LogP contribution >= 0.6 is 0 Å². The van der Waals surface area contributed by atoms with Gasteiger partial charge in [-0.2, -0.15) is 0 Å². The highest BCUT2D eigenvalue weighted by atomic mass is 16.3. The smallest absolute Gasteiger partial charge is 0.0656 e. The summed E-state index contributed by atoms with van der Waals surface area (Å²) in [6.07, 6.45) is 17.9. The highest BCUT2D eigenvalue weighted by Crippen LogP contribution is 2.75. The third-order valence-corrected chi connectivity index (χ3v) is 20.6. The van der Waals surface area contributed by atoms with Gasteiger partial charge in [0.05, 0.1) is 12.2 Å². The van der Waals surface area contributed by atoms with Crippen LogP contribution in [-0.4, -0.2) is 22.4 Å². The van der Waals surface area contributed by atoms with Crippen molar-refractivity contribution in [3.63, 3.8) is 0 Å². The van der Waals surface area contributed by atoms with Gasteiger partial charge in [-0.3, -0.25) is 0 Å². The Morgan fingerprint density at radius 1 is 0.700 bits per heavy atom. The van der Waals surface area contributed by atoms with Crippen LogP contribution in [0, 0.1) is 123 Å². The maximum Gasteiger partial charge on any atom is 0.0656 e. The fourth-order valence-electron chi connectivity index (χ4n) is 18.4. The highest BCUT2D eigenvalue weighted by molar-refractivity contribution is 5.18. The molecule has 0 aromatic heterocycles. The molecule has 0 aliphatic heterocycles. The molecule has 0 radical (unpaired) electrons. The van der Waals surface area contributed by atoms with Gasteiger partial charge >= 0.3 is 0 Å². The van der Waals surface area contributed by atoms with Gasteiger partial charge in [-0.05, 0) is 170 Å². The summed E-state index contributed by atoms with van der Waals surface area (Å²) in [7, 11) is 0. The molecule has 0 heterocycles. The lowest BCUT2D eigenvalue weighted by atomic mass is 9.32. The number of hydrogen-bond donors (Lipinski definition) is 2. The number of aliphatic hydroxyl groups excluding tert-OH is 2. The Labute approximate surface area is 310 Å². The summed E-state index contributed by atoms with van der Waals surface area (Å²) < 4.78 is 0. The van der Waals surface area contributed by atoms with E-state index in [9.17, 15) is 10.2 Å². The van der Waals surface area contributed by atoms with E-state index < -0.39 is 12.2 Å². The molecule has 7 rings (SSSR count). The zero-order valence-corrected chi connectivity index (χ0v) is 35.1. The molecule has 21 unspecified atom stereocenters. The third kappa shape index (κ3) is 5.71. The van der Waals surface area contributed by atoms with Crippen molar-refractivity contribution in [1.82, 2.24) is 0 Å². The van der Waals surface area contributed by atoms with Crippen molar-refractivity contribution < 1.29 is 10.2 Å². The van der Waals surface area contributed by atoms with Crippen LogP contribution in [-0.2, 0) is 0 Å². The lowest BCUT2D eigenvalue weighted by Gasteiger charge is -2.73. The van der Waals surface area contributed by atoms with Crippen molar-refractivity contribution in [2.75, 3.05) is 0 Å². The highest BCUT2D eigenvalue weighted by Gasteiger charge is 2.70. The predicted octanol–water partition coefficient (Wildman–Crippen LogP) is 12.2. The predicted molar refractivity (Wildman–Crippen MR) is 210 cm³/mol. The Kier molecular flexibility index (Phi) is 10.4. The minimum atomic E-state index is -0.454. The number of aliphatic hydroxyl groups is 2. The molecule has 7 aliphatic carbocycles. The van der Waals surface area contributed by atoms with Gasteiger partial charge in [-0.1, -0.05) is 108 Å². The number of rotatable bonds is 5. The van der Waals surface area contributed by atoms with Crippen LogP contribution < -0.4 is 0 Å². The van der Waals surface area contributed by atoms with Gasteiger partial charge in [0.2, 0.25) is 0 Å². The summed E-state index contributed by atoms with van der Waals surface area (Å²) in [5.74, 6) is 13.8. The maximum absolute atomic E-state index is 12.4. The number of hydrogen-bond acceptors (Lipinski definition) is 2. The van der Waals surface area contributed by atoms with E-state index in [0.29, 0.717) is 29.1 Å². The summed E-state index contributed by atoms with van der Waals surface area (Å²) in [5.41, 5.74) is 0.264. The van der Waals surface area contributed by atoms with E-state index in [2.05, 4.69) is 76.2 Å². The molecule has 2 heteroatoms. The quantitative estimate of drug-likeness (QED) is 0.301. The van der Waals surface area contributed by atoms with Crippen molar-refractivity contribution in [3.05, 3.63) is 0 Å². The lowest BCUT2D eigenvalue weighted by Crippen LogP contribution is -2.69. The first-order valence-corrected chi connectivity index (χ1v) is 22.8. The Bertz CT molecular complexity index is 1170. The molecule has 21 atom stereocenters. The molecule has 7 fully saturated rings. The normalized spacial score (nSPS) is 58.9. The van der Waals surface area contributed by atoms with Gasteiger partial charge in [0.15, 0.2) is 0 Å². The monoisotopic (exact) mass is 693 g/mol. The van der Waals surface area contributed by atoms with Crippen LogP contribution in [0.15, 0.2) is 0 Å². The summed E-state index contributed by atoms with van der Waals surface area (Å²) in [6.45, 7) is 30.6. The van der Waals surface area contributed by atoms with E-state index >= 15 is 0 Å². The van der Waals surface area contributed by atoms with E-state index in [0.717, 1.165) is 83.4 Å². The van der Waals surface area contributed by atoms with Crippen molar-refractivity contribution >= 4 is 0 Å². The second kappa shape index (κ2) is 13.6. The summed E-state index contributed by atoms with van der Waals surface area (Å²) >= 11 is 0. The molecule has 50 heavy (non-hydrogen) atoms. The Balaban J connectivity index is 1.24. The summed E-state index contributed by atoms with van der Waals surface area (Å²) in [4.78, 5) is 0. The van der Waals surface area contributed by atoms with Gasteiger partial charge < -0.3 is 10.2 Å². The lowest BCUT2D eigenvalue weighted by molar-refractivity contribution is -0.272. The molecular weight excluding hydrogens is 609 g/mol.